The van der Waals surface area contributed by atoms with Gasteiger partial charge < -0.3 is 9.47 Å². The number of hydrogen-bond acceptors (Lipinski definition) is 2. The third-order valence-electron chi connectivity index (χ3n) is 1.45. The van der Waals surface area contributed by atoms with Crippen molar-refractivity contribution in [2.45, 2.75) is 20.2 Å². The summed E-state index contributed by atoms with van der Waals surface area (Å²) in [6.07, 6.45) is 0.743. The van der Waals surface area contributed by atoms with E-state index in [0.29, 0.717) is 5.76 Å². The molecule has 0 saturated heterocycles. The Labute approximate surface area is 86.7 Å². The third-order valence-corrected chi connectivity index (χ3v) is 1.45. The van der Waals surface area contributed by atoms with E-state index in [4.69, 9.17) is 4.74 Å². The number of methoxy groups -OCH3 is 1. The highest BCUT2D eigenvalue weighted by Gasteiger charge is 2.31. The molecule has 5 heteroatoms. The summed E-state index contributed by atoms with van der Waals surface area (Å²) < 4.78 is 44.1. The Bertz CT molecular complexity index is 275. The van der Waals surface area contributed by atoms with Gasteiger partial charge in [-0.05, 0) is 38.2 Å². The summed E-state index contributed by atoms with van der Waals surface area (Å²) in [5, 5.41) is 0. The van der Waals surface area contributed by atoms with Crippen LogP contribution in [0, 0.1) is 0 Å². The van der Waals surface area contributed by atoms with Crippen molar-refractivity contribution in [3.63, 3.8) is 0 Å². The van der Waals surface area contributed by atoms with Crippen molar-refractivity contribution in [1.82, 2.24) is 0 Å². The van der Waals surface area contributed by atoms with E-state index in [0.717, 1.165) is 0 Å². The van der Waals surface area contributed by atoms with Crippen molar-refractivity contribution >= 4 is 0 Å². The third kappa shape index (κ3) is 6.65. The van der Waals surface area contributed by atoms with Crippen LogP contribution in [0.2, 0.25) is 0 Å². The summed E-state index contributed by atoms with van der Waals surface area (Å²) in [6, 6.07) is 0. The first-order valence-electron chi connectivity index (χ1n) is 4.23. The lowest BCUT2D eigenvalue weighted by Crippen LogP contribution is -2.11. The van der Waals surface area contributed by atoms with Crippen LogP contribution < -0.4 is 0 Å². The molecule has 0 aliphatic carbocycles. The molecule has 0 aromatic heterocycles. The van der Waals surface area contributed by atoms with E-state index in [-0.39, 0.29) is 5.76 Å². The fourth-order valence-electron chi connectivity index (χ4n) is 0.769. The van der Waals surface area contributed by atoms with Gasteiger partial charge in [0.2, 0.25) is 0 Å². The van der Waals surface area contributed by atoms with Crippen LogP contribution in [0.5, 0.6) is 0 Å². The Morgan fingerprint density at radius 3 is 1.80 bits per heavy atom. The maximum absolute atomic E-state index is 11.8. The molecule has 86 valence electrons. The van der Waals surface area contributed by atoms with Crippen LogP contribution >= 0.6 is 0 Å². The van der Waals surface area contributed by atoms with Gasteiger partial charge in [0.1, 0.15) is 11.5 Å². The molecule has 0 atom stereocenters. The molecule has 0 saturated carbocycles. The number of rotatable bonds is 4. The van der Waals surface area contributed by atoms with Crippen LogP contribution in [0.1, 0.15) is 13.8 Å². The van der Waals surface area contributed by atoms with Gasteiger partial charge in [-0.25, -0.2) is 0 Å². The predicted molar refractivity (Wildman–Crippen MR) is 50.8 cm³/mol. The molecular weight excluding hydrogens is 209 g/mol. The van der Waals surface area contributed by atoms with Crippen molar-refractivity contribution in [2.75, 3.05) is 7.11 Å². The van der Waals surface area contributed by atoms with Crippen LogP contribution in [-0.2, 0) is 9.47 Å². The molecule has 0 aromatic rings. The lowest BCUT2D eigenvalue weighted by atomic mass is 10.3. The van der Waals surface area contributed by atoms with Crippen LogP contribution in [0.4, 0.5) is 13.2 Å². The second kappa shape index (κ2) is 6.16. The number of allylic oxidation sites excluding steroid dienone is 4. The molecule has 0 bridgehead atoms. The molecule has 0 rings (SSSR count). The summed E-state index contributed by atoms with van der Waals surface area (Å²) >= 11 is 0. The Morgan fingerprint density at radius 2 is 1.47 bits per heavy atom. The molecule has 0 N–H and O–H groups in total. The minimum Gasteiger partial charge on any atom is -0.497 e. The molecule has 2 nitrogen and oxygen atoms in total. The van der Waals surface area contributed by atoms with Crippen LogP contribution in [0.15, 0.2) is 35.8 Å². The highest BCUT2D eigenvalue weighted by molar-refractivity contribution is 5.20. The molecule has 0 aliphatic heterocycles. The smallest absolute Gasteiger partial charge is 0.497 e. The first-order chi connectivity index (χ1) is 6.92. The SMILES string of the molecule is C\C=C(/C=C\C(=C/C)OC(F)(F)F)OC. The standard InChI is InChI=1S/C10H13F3O2/c1-4-8(14-3)6-7-9(5-2)15-10(11,12)13/h4-7H,1-3H3/b7-6-,8-4+,9-5+. The minimum absolute atomic E-state index is 0.279. The van der Waals surface area contributed by atoms with Crippen molar-refractivity contribution in [3.05, 3.63) is 35.8 Å². The highest BCUT2D eigenvalue weighted by Crippen LogP contribution is 2.21. The Kier molecular flexibility index (Phi) is 5.59. The van der Waals surface area contributed by atoms with Gasteiger partial charge in [0.15, 0.2) is 0 Å². The molecule has 0 spiro atoms. The molecule has 0 amide bonds. The summed E-state index contributed by atoms with van der Waals surface area (Å²) in [6.45, 7) is 3.16. The van der Waals surface area contributed by atoms with Crippen LogP contribution in [0.3, 0.4) is 0 Å². The van der Waals surface area contributed by atoms with E-state index in [1.807, 2.05) is 0 Å². The van der Waals surface area contributed by atoms with E-state index in [2.05, 4.69) is 4.74 Å². The van der Waals surface area contributed by atoms with Gasteiger partial charge in [0.25, 0.3) is 0 Å². The summed E-state index contributed by atoms with van der Waals surface area (Å²) in [5.41, 5.74) is 0. The number of ether oxygens (including phenoxy) is 2. The van der Waals surface area contributed by atoms with E-state index in [9.17, 15) is 13.2 Å². The zero-order valence-electron chi connectivity index (χ0n) is 8.76. The van der Waals surface area contributed by atoms with Crippen molar-refractivity contribution in [2.24, 2.45) is 0 Å². The highest BCUT2D eigenvalue weighted by atomic mass is 19.4. The lowest BCUT2D eigenvalue weighted by molar-refractivity contribution is -0.303. The topological polar surface area (TPSA) is 18.5 Å². The summed E-state index contributed by atoms with van der Waals surface area (Å²) in [5.74, 6) is 0.180. The zero-order chi connectivity index (χ0) is 11.9. The van der Waals surface area contributed by atoms with E-state index < -0.39 is 6.36 Å². The fourth-order valence-corrected chi connectivity index (χ4v) is 0.769. The van der Waals surface area contributed by atoms with Crippen molar-refractivity contribution in [3.8, 4) is 0 Å². The second-order valence-electron chi connectivity index (χ2n) is 2.47. The van der Waals surface area contributed by atoms with Crippen LogP contribution in [0.25, 0.3) is 0 Å². The maximum atomic E-state index is 11.8. The van der Waals surface area contributed by atoms with Crippen molar-refractivity contribution in [1.29, 1.82) is 0 Å². The Hall–Kier alpha value is -1.39. The average molecular weight is 222 g/mol. The quantitative estimate of drug-likeness (QED) is 0.535. The van der Waals surface area contributed by atoms with Gasteiger partial charge in [-0.3, -0.25) is 0 Å². The number of hydrogen-bond donors (Lipinski definition) is 0. The molecular formula is C10H13F3O2. The average Bonchev–Trinajstić information content (AvgIpc) is 2.15. The maximum Gasteiger partial charge on any atom is 0.573 e. The normalized spacial score (nSPS) is 14.5. The van der Waals surface area contributed by atoms with Crippen molar-refractivity contribution < 1.29 is 22.6 Å². The largest absolute Gasteiger partial charge is 0.573 e. The first kappa shape index (κ1) is 13.6. The lowest BCUT2D eigenvalue weighted by Gasteiger charge is -2.09. The van der Waals surface area contributed by atoms with Gasteiger partial charge in [0.05, 0.1) is 7.11 Å². The Balaban J connectivity index is 4.49. The number of halogens is 3. The summed E-state index contributed by atoms with van der Waals surface area (Å²) in [4.78, 5) is 0. The van der Waals surface area contributed by atoms with Gasteiger partial charge in [-0.2, -0.15) is 0 Å². The van der Waals surface area contributed by atoms with Gasteiger partial charge in [0, 0.05) is 0 Å². The van der Waals surface area contributed by atoms with Gasteiger partial charge >= 0.3 is 6.36 Å². The molecule has 0 aliphatic rings. The van der Waals surface area contributed by atoms with E-state index in [1.165, 1.54) is 32.3 Å². The second-order valence-corrected chi connectivity index (χ2v) is 2.47. The zero-order valence-corrected chi connectivity index (χ0v) is 8.76. The number of alkyl halides is 3. The van der Waals surface area contributed by atoms with E-state index in [1.54, 1.807) is 13.0 Å². The molecule has 0 heterocycles. The van der Waals surface area contributed by atoms with Gasteiger partial charge in [-0.1, -0.05) is 0 Å². The monoisotopic (exact) mass is 222 g/mol. The predicted octanol–water partition coefficient (Wildman–Crippen LogP) is 3.53. The van der Waals surface area contributed by atoms with Gasteiger partial charge in [-0.15, -0.1) is 13.2 Å². The molecule has 0 unspecified atom stereocenters. The summed E-state index contributed by atoms with van der Waals surface area (Å²) in [7, 11) is 1.43. The molecule has 0 aromatic carbocycles. The molecule has 0 radical (unpaired) electrons. The minimum atomic E-state index is -4.67. The van der Waals surface area contributed by atoms with Crippen LogP contribution in [-0.4, -0.2) is 13.5 Å². The molecule has 0 fully saturated rings. The Morgan fingerprint density at radius 1 is 1.00 bits per heavy atom. The van der Waals surface area contributed by atoms with E-state index >= 15 is 0 Å². The first-order valence-corrected chi connectivity index (χ1v) is 4.23. The fraction of sp³-hybridized carbons (Fsp3) is 0.400. The molecule has 15 heavy (non-hydrogen) atoms.